The number of fused-ring (bicyclic) bond motifs is 1. The molecule has 0 spiro atoms. The number of anilines is 2. The zero-order valence-corrected chi connectivity index (χ0v) is 22.7. The van der Waals surface area contributed by atoms with Crippen molar-refractivity contribution in [1.82, 2.24) is 9.55 Å². The molecular formula is C33H32N4O3. The highest BCUT2D eigenvalue weighted by atomic mass is 16.4. The molecule has 0 atom stereocenters. The molecule has 0 bridgehead atoms. The zero-order chi connectivity index (χ0) is 28.1. The molecule has 0 fully saturated rings. The Morgan fingerprint density at radius 1 is 0.925 bits per heavy atom. The number of urea groups is 1. The lowest BCUT2D eigenvalue weighted by molar-refractivity contribution is 0.0697. The van der Waals surface area contributed by atoms with Gasteiger partial charge < -0.3 is 15.0 Å². The molecule has 0 saturated heterocycles. The average Bonchev–Trinajstić information content (AvgIpc) is 3.32. The number of unbranched alkanes of at least 4 members (excludes halogenated alkanes) is 1. The molecule has 4 aromatic carbocycles. The summed E-state index contributed by atoms with van der Waals surface area (Å²) in [6.45, 7) is 2.78. The van der Waals surface area contributed by atoms with Gasteiger partial charge in [-0.3, -0.25) is 4.90 Å². The van der Waals surface area contributed by atoms with Crippen LogP contribution in [0.3, 0.4) is 0 Å². The zero-order valence-electron chi connectivity index (χ0n) is 22.7. The number of rotatable bonds is 9. The standard InChI is InChI=1S/C33H32N4O3/c1-3-4-14-31-35-29-20-19-26(36(2)33(40)34-25-10-6-5-7-11-25)21-30(29)37(31)22-23-15-17-24(18-16-23)27-12-8-9-13-28(27)32(38)39/h5-13,15-21H,3-4,14,22H2,1-2H3,(H,34,40)(H,38,39). The predicted molar refractivity (Wildman–Crippen MR) is 160 cm³/mol. The van der Waals surface area contributed by atoms with Gasteiger partial charge in [0.25, 0.3) is 0 Å². The second kappa shape index (κ2) is 11.9. The van der Waals surface area contributed by atoms with Crippen LogP contribution in [0.5, 0.6) is 0 Å². The lowest BCUT2D eigenvalue weighted by Gasteiger charge is -2.19. The van der Waals surface area contributed by atoms with Gasteiger partial charge in [0.15, 0.2) is 0 Å². The Morgan fingerprint density at radius 2 is 1.65 bits per heavy atom. The lowest BCUT2D eigenvalue weighted by atomic mass is 9.99. The average molecular weight is 533 g/mol. The number of aromatic nitrogens is 2. The van der Waals surface area contributed by atoms with Gasteiger partial charge in [-0.05, 0) is 59.5 Å². The number of imidazole rings is 1. The first-order valence-corrected chi connectivity index (χ1v) is 13.4. The van der Waals surface area contributed by atoms with Crippen LogP contribution in [0.2, 0.25) is 0 Å². The fraction of sp³-hybridized carbons (Fsp3) is 0.182. The van der Waals surface area contributed by atoms with Crippen LogP contribution in [0.4, 0.5) is 16.2 Å². The van der Waals surface area contributed by atoms with Crippen molar-refractivity contribution in [3.63, 3.8) is 0 Å². The molecule has 2 amide bonds. The summed E-state index contributed by atoms with van der Waals surface area (Å²) >= 11 is 0. The molecule has 1 aromatic heterocycles. The summed E-state index contributed by atoms with van der Waals surface area (Å²) in [5.74, 6) is 0.0639. The maximum absolute atomic E-state index is 12.9. The number of nitrogens with zero attached hydrogens (tertiary/aromatic N) is 3. The summed E-state index contributed by atoms with van der Waals surface area (Å²) in [5, 5.41) is 12.5. The third kappa shape index (κ3) is 5.73. The monoisotopic (exact) mass is 532 g/mol. The van der Waals surface area contributed by atoms with Gasteiger partial charge in [0, 0.05) is 31.4 Å². The van der Waals surface area contributed by atoms with E-state index in [1.54, 1.807) is 24.1 Å². The molecule has 202 valence electrons. The van der Waals surface area contributed by atoms with Gasteiger partial charge in [-0.1, -0.05) is 74.0 Å². The number of benzene rings is 4. The molecule has 0 aliphatic heterocycles. The van der Waals surface area contributed by atoms with Crippen molar-refractivity contribution in [2.24, 2.45) is 0 Å². The first-order chi connectivity index (χ1) is 19.4. The van der Waals surface area contributed by atoms with E-state index in [1.165, 1.54) is 0 Å². The minimum atomic E-state index is -0.941. The van der Waals surface area contributed by atoms with Gasteiger partial charge in [-0.2, -0.15) is 0 Å². The minimum absolute atomic E-state index is 0.222. The molecule has 7 nitrogen and oxygen atoms in total. The van der Waals surface area contributed by atoms with E-state index in [1.807, 2.05) is 84.9 Å². The largest absolute Gasteiger partial charge is 0.478 e. The van der Waals surface area contributed by atoms with Crippen molar-refractivity contribution in [2.45, 2.75) is 32.7 Å². The van der Waals surface area contributed by atoms with Crippen molar-refractivity contribution >= 4 is 34.4 Å². The van der Waals surface area contributed by atoms with E-state index in [0.717, 1.165) is 58.6 Å². The molecule has 40 heavy (non-hydrogen) atoms. The maximum Gasteiger partial charge on any atom is 0.336 e. The smallest absolute Gasteiger partial charge is 0.336 e. The summed E-state index contributed by atoms with van der Waals surface area (Å²) in [4.78, 5) is 31.2. The van der Waals surface area contributed by atoms with Gasteiger partial charge in [-0.25, -0.2) is 14.6 Å². The van der Waals surface area contributed by atoms with Crippen molar-refractivity contribution in [1.29, 1.82) is 0 Å². The van der Waals surface area contributed by atoms with Crippen LogP contribution < -0.4 is 10.2 Å². The molecule has 1 heterocycles. The second-order valence-corrected chi connectivity index (χ2v) is 9.79. The van der Waals surface area contributed by atoms with Crippen LogP contribution in [0.1, 0.15) is 41.5 Å². The topological polar surface area (TPSA) is 87.5 Å². The number of carbonyl (C=O) groups excluding carboxylic acids is 1. The van der Waals surface area contributed by atoms with E-state index < -0.39 is 5.97 Å². The molecule has 5 rings (SSSR count). The number of carboxylic acids is 1. The summed E-state index contributed by atoms with van der Waals surface area (Å²) < 4.78 is 2.22. The maximum atomic E-state index is 12.9. The third-order valence-corrected chi connectivity index (χ3v) is 7.04. The number of hydrogen-bond acceptors (Lipinski definition) is 3. The molecule has 7 heteroatoms. The van der Waals surface area contributed by atoms with E-state index in [2.05, 4.69) is 16.8 Å². The first-order valence-electron chi connectivity index (χ1n) is 13.4. The SMILES string of the molecule is CCCCc1nc2ccc(N(C)C(=O)Nc3ccccc3)cc2n1Cc1ccc(-c2ccccc2C(=O)O)cc1. The van der Waals surface area contributed by atoms with Crippen LogP contribution in [0.25, 0.3) is 22.2 Å². The normalized spacial score (nSPS) is 10.9. The van der Waals surface area contributed by atoms with Crippen LogP contribution in [-0.2, 0) is 13.0 Å². The fourth-order valence-corrected chi connectivity index (χ4v) is 4.81. The van der Waals surface area contributed by atoms with Crippen LogP contribution in [0, 0.1) is 0 Å². The third-order valence-electron chi connectivity index (χ3n) is 7.04. The van der Waals surface area contributed by atoms with Crippen molar-refractivity contribution in [2.75, 3.05) is 17.3 Å². The van der Waals surface area contributed by atoms with Gasteiger partial charge >= 0.3 is 12.0 Å². The number of amides is 2. The van der Waals surface area contributed by atoms with Crippen molar-refractivity contribution in [3.8, 4) is 11.1 Å². The Bertz CT molecular complexity index is 1640. The molecular weight excluding hydrogens is 500 g/mol. The molecule has 2 N–H and O–H groups in total. The van der Waals surface area contributed by atoms with Crippen LogP contribution in [0.15, 0.2) is 97.1 Å². The van der Waals surface area contributed by atoms with E-state index >= 15 is 0 Å². The van der Waals surface area contributed by atoms with E-state index in [4.69, 9.17) is 4.98 Å². The lowest BCUT2D eigenvalue weighted by Crippen LogP contribution is -2.31. The van der Waals surface area contributed by atoms with Gasteiger partial charge in [0.05, 0.1) is 16.6 Å². The quantitative estimate of drug-likeness (QED) is 0.206. The predicted octanol–water partition coefficient (Wildman–Crippen LogP) is 7.46. The Morgan fingerprint density at radius 3 is 2.38 bits per heavy atom. The highest BCUT2D eigenvalue weighted by Gasteiger charge is 2.17. The number of aryl methyl sites for hydroxylation is 1. The van der Waals surface area contributed by atoms with Gasteiger partial charge in [0.2, 0.25) is 0 Å². The molecule has 0 aliphatic carbocycles. The van der Waals surface area contributed by atoms with Crippen LogP contribution in [-0.4, -0.2) is 33.7 Å². The number of carbonyl (C=O) groups is 2. The van der Waals surface area contributed by atoms with Crippen LogP contribution >= 0.6 is 0 Å². The Balaban J connectivity index is 1.45. The molecule has 0 unspecified atom stereocenters. The Labute approximate surface area is 233 Å². The van der Waals surface area contributed by atoms with E-state index in [-0.39, 0.29) is 11.6 Å². The summed E-state index contributed by atoms with van der Waals surface area (Å²) in [6, 6.07) is 30.1. The highest BCUT2D eigenvalue weighted by Crippen LogP contribution is 2.27. The Kier molecular flexibility index (Phi) is 7.92. The van der Waals surface area contributed by atoms with Crippen molar-refractivity contribution < 1.29 is 14.7 Å². The highest BCUT2D eigenvalue weighted by molar-refractivity contribution is 6.02. The number of carboxylic acid groups (broad SMARTS) is 1. The summed E-state index contributed by atoms with van der Waals surface area (Å²) in [5.41, 5.74) is 6.27. The van der Waals surface area contributed by atoms with Gasteiger partial charge in [0.1, 0.15) is 5.82 Å². The number of para-hydroxylation sites is 1. The molecule has 0 aliphatic rings. The van der Waals surface area contributed by atoms with E-state index in [0.29, 0.717) is 12.1 Å². The second-order valence-electron chi connectivity index (χ2n) is 9.79. The van der Waals surface area contributed by atoms with Crippen molar-refractivity contribution in [3.05, 3.63) is 114 Å². The molecule has 0 radical (unpaired) electrons. The fourth-order valence-electron chi connectivity index (χ4n) is 4.81. The molecule has 5 aromatic rings. The van der Waals surface area contributed by atoms with E-state index in [9.17, 15) is 14.7 Å². The number of hydrogen-bond donors (Lipinski definition) is 2. The first kappa shape index (κ1) is 26.7. The number of aromatic carboxylic acids is 1. The Hall–Kier alpha value is -4.91. The minimum Gasteiger partial charge on any atom is -0.478 e. The van der Waals surface area contributed by atoms with Gasteiger partial charge in [-0.15, -0.1) is 0 Å². The summed E-state index contributed by atoms with van der Waals surface area (Å²) in [6.07, 6.45) is 2.95. The number of nitrogens with one attached hydrogen (secondary N) is 1. The molecule has 0 saturated carbocycles. The summed E-state index contributed by atoms with van der Waals surface area (Å²) in [7, 11) is 1.76.